The van der Waals surface area contributed by atoms with E-state index < -0.39 is 0 Å². The van der Waals surface area contributed by atoms with E-state index in [4.69, 9.17) is 16.3 Å². The molecule has 0 N–H and O–H groups in total. The number of aryl methyl sites for hydroxylation is 1. The minimum absolute atomic E-state index is 0.316. The Hall–Kier alpha value is -1.39. The molecule has 1 unspecified atom stereocenters. The van der Waals surface area contributed by atoms with Gasteiger partial charge in [-0.2, -0.15) is 0 Å². The molecule has 112 valence electrons. The molecule has 0 saturated heterocycles. The molecule has 0 spiro atoms. The van der Waals surface area contributed by atoms with E-state index in [0.29, 0.717) is 18.4 Å². The Morgan fingerprint density at radius 2 is 2.19 bits per heavy atom. The molecule has 2 aromatic rings. The lowest BCUT2D eigenvalue weighted by Crippen LogP contribution is -2.18. The van der Waals surface area contributed by atoms with Crippen LogP contribution in [0.2, 0.25) is 0 Å². The number of hydrogen-bond donors (Lipinski definition) is 0. The summed E-state index contributed by atoms with van der Waals surface area (Å²) < 4.78 is 7.34. The van der Waals surface area contributed by atoms with Crippen molar-refractivity contribution in [3.63, 3.8) is 0 Å². The minimum atomic E-state index is 0.316. The molecule has 0 aliphatic heterocycles. The highest BCUT2D eigenvalue weighted by molar-refractivity contribution is 6.16. The first-order valence-electron chi connectivity index (χ1n) is 7.39. The van der Waals surface area contributed by atoms with Crippen LogP contribution in [0.25, 0.3) is 0 Å². The van der Waals surface area contributed by atoms with Crippen molar-refractivity contribution >= 4 is 11.6 Å². The highest BCUT2D eigenvalue weighted by Crippen LogP contribution is 2.36. The highest BCUT2D eigenvalue weighted by Gasteiger charge is 2.26. The summed E-state index contributed by atoms with van der Waals surface area (Å²) in [7, 11) is 1.71. The van der Waals surface area contributed by atoms with E-state index in [2.05, 4.69) is 39.0 Å². The molecule has 0 amide bonds. The summed E-state index contributed by atoms with van der Waals surface area (Å²) in [6.07, 6.45) is 3.46. The summed E-state index contributed by atoms with van der Waals surface area (Å²) in [4.78, 5) is 0. The van der Waals surface area contributed by atoms with Crippen molar-refractivity contribution in [1.29, 1.82) is 0 Å². The third kappa shape index (κ3) is 2.83. The average molecular weight is 306 g/mol. The van der Waals surface area contributed by atoms with Gasteiger partial charge < -0.3 is 9.30 Å². The van der Waals surface area contributed by atoms with Crippen LogP contribution in [0.15, 0.2) is 24.3 Å². The van der Waals surface area contributed by atoms with Crippen LogP contribution in [0, 0.1) is 0 Å². The normalized spacial score (nSPS) is 17.7. The molecule has 1 aliphatic rings. The fourth-order valence-corrected chi connectivity index (χ4v) is 3.35. The lowest BCUT2D eigenvalue weighted by atomic mass is 9.82. The molecule has 1 heterocycles. The molecule has 5 heteroatoms. The van der Waals surface area contributed by atoms with Gasteiger partial charge in [0.25, 0.3) is 0 Å². The molecule has 1 aliphatic carbocycles. The molecule has 1 atom stereocenters. The summed E-state index contributed by atoms with van der Waals surface area (Å²) in [6.45, 7) is 1.39. The quantitative estimate of drug-likeness (QED) is 0.797. The van der Waals surface area contributed by atoms with Crippen molar-refractivity contribution in [2.24, 2.45) is 0 Å². The Balaban J connectivity index is 1.99. The Labute approximate surface area is 130 Å². The monoisotopic (exact) mass is 305 g/mol. The Morgan fingerprint density at radius 1 is 1.33 bits per heavy atom. The maximum Gasteiger partial charge on any atom is 0.148 e. The van der Waals surface area contributed by atoms with E-state index in [1.54, 1.807) is 7.11 Å². The van der Waals surface area contributed by atoms with Crippen molar-refractivity contribution < 1.29 is 4.74 Å². The number of aromatic nitrogens is 3. The Morgan fingerprint density at radius 3 is 3.00 bits per heavy atom. The Kier molecular flexibility index (Phi) is 4.56. The van der Waals surface area contributed by atoms with Crippen molar-refractivity contribution in [2.75, 3.05) is 13.7 Å². The van der Waals surface area contributed by atoms with Gasteiger partial charge in [-0.05, 0) is 30.4 Å². The van der Waals surface area contributed by atoms with E-state index in [9.17, 15) is 0 Å². The van der Waals surface area contributed by atoms with Crippen LogP contribution in [0.1, 0.15) is 41.5 Å². The molecular formula is C16H20ClN3O. The van der Waals surface area contributed by atoms with Crippen molar-refractivity contribution in [1.82, 2.24) is 14.8 Å². The molecule has 21 heavy (non-hydrogen) atoms. The van der Waals surface area contributed by atoms with Crippen LogP contribution in [0.5, 0.6) is 0 Å². The maximum absolute atomic E-state index is 6.00. The van der Waals surface area contributed by atoms with E-state index in [1.165, 1.54) is 17.5 Å². The van der Waals surface area contributed by atoms with Crippen LogP contribution in [0.3, 0.4) is 0 Å². The third-order valence-corrected chi connectivity index (χ3v) is 4.41. The fraction of sp³-hybridized carbons (Fsp3) is 0.500. The number of rotatable bonds is 5. The van der Waals surface area contributed by atoms with Gasteiger partial charge in [-0.3, -0.25) is 0 Å². The second-order valence-electron chi connectivity index (χ2n) is 5.40. The smallest absolute Gasteiger partial charge is 0.148 e. The zero-order chi connectivity index (χ0) is 14.7. The van der Waals surface area contributed by atoms with Gasteiger partial charge in [-0.1, -0.05) is 24.3 Å². The van der Waals surface area contributed by atoms with E-state index in [0.717, 1.165) is 31.0 Å². The minimum Gasteiger partial charge on any atom is -0.383 e. The first-order chi connectivity index (χ1) is 10.3. The molecule has 0 radical (unpaired) electrons. The van der Waals surface area contributed by atoms with Crippen molar-refractivity contribution in [2.45, 2.75) is 37.6 Å². The first-order valence-corrected chi connectivity index (χ1v) is 7.93. The lowest BCUT2D eigenvalue weighted by molar-refractivity contribution is 0.185. The zero-order valence-corrected chi connectivity index (χ0v) is 13.0. The number of nitrogens with zero attached hydrogens (tertiary/aromatic N) is 3. The number of alkyl halides is 1. The summed E-state index contributed by atoms with van der Waals surface area (Å²) in [5.74, 6) is 2.54. The van der Waals surface area contributed by atoms with Crippen LogP contribution < -0.4 is 0 Å². The van der Waals surface area contributed by atoms with Crippen molar-refractivity contribution in [3.8, 4) is 0 Å². The number of methoxy groups -OCH3 is 1. The Bertz CT molecular complexity index is 611. The summed E-state index contributed by atoms with van der Waals surface area (Å²) in [6, 6.07) is 8.66. The van der Waals surface area contributed by atoms with Gasteiger partial charge in [0.15, 0.2) is 0 Å². The molecule has 0 saturated carbocycles. The van der Waals surface area contributed by atoms with E-state index in [1.807, 2.05) is 0 Å². The van der Waals surface area contributed by atoms with Gasteiger partial charge in [-0.25, -0.2) is 0 Å². The molecular weight excluding hydrogens is 286 g/mol. The highest BCUT2D eigenvalue weighted by atomic mass is 35.5. The number of hydrogen-bond acceptors (Lipinski definition) is 3. The van der Waals surface area contributed by atoms with E-state index >= 15 is 0 Å². The number of ether oxygens (including phenoxy) is 1. The molecule has 4 nitrogen and oxygen atoms in total. The van der Waals surface area contributed by atoms with Crippen LogP contribution in [-0.2, 0) is 23.6 Å². The SMILES string of the molecule is COCCn1c(CCl)nnc1C1CCCc2ccccc21. The molecule has 1 aromatic carbocycles. The fourth-order valence-electron chi connectivity index (χ4n) is 3.15. The molecule has 1 aromatic heterocycles. The second-order valence-corrected chi connectivity index (χ2v) is 5.66. The van der Waals surface area contributed by atoms with Gasteiger partial charge in [0.2, 0.25) is 0 Å². The molecule has 0 fully saturated rings. The standard InChI is InChI=1S/C16H20ClN3O/c1-21-10-9-20-15(11-17)18-19-16(20)14-8-4-6-12-5-2-3-7-13(12)14/h2-3,5,7,14H,4,6,8-11H2,1H3. The molecule has 0 bridgehead atoms. The van der Waals surface area contributed by atoms with Gasteiger partial charge in [0.05, 0.1) is 12.5 Å². The van der Waals surface area contributed by atoms with Gasteiger partial charge >= 0.3 is 0 Å². The largest absolute Gasteiger partial charge is 0.383 e. The topological polar surface area (TPSA) is 39.9 Å². The predicted molar refractivity (Wildman–Crippen MR) is 82.7 cm³/mol. The summed E-state index contributed by atoms with van der Waals surface area (Å²) >= 11 is 6.00. The summed E-state index contributed by atoms with van der Waals surface area (Å²) in [5.41, 5.74) is 2.82. The number of benzene rings is 1. The number of fused-ring (bicyclic) bond motifs is 1. The second kappa shape index (κ2) is 6.58. The molecule has 3 rings (SSSR count). The third-order valence-electron chi connectivity index (χ3n) is 4.18. The number of halogens is 1. The maximum atomic E-state index is 6.00. The first kappa shape index (κ1) is 14.5. The predicted octanol–water partition coefficient (Wildman–Crippen LogP) is 3.13. The van der Waals surface area contributed by atoms with Gasteiger partial charge in [0.1, 0.15) is 11.6 Å². The summed E-state index contributed by atoms with van der Waals surface area (Å²) in [5, 5.41) is 8.70. The van der Waals surface area contributed by atoms with Gasteiger partial charge in [0, 0.05) is 19.6 Å². The van der Waals surface area contributed by atoms with Crippen LogP contribution >= 0.6 is 11.6 Å². The lowest BCUT2D eigenvalue weighted by Gasteiger charge is -2.25. The van der Waals surface area contributed by atoms with Crippen LogP contribution in [-0.4, -0.2) is 28.5 Å². The zero-order valence-electron chi connectivity index (χ0n) is 12.3. The van der Waals surface area contributed by atoms with Crippen LogP contribution in [0.4, 0.5) is 0 Å². The van der Waals surface area contributed by atoms with Gasteiger partial charge in [-0.15, -0.1) is 21.8 Å². The average Bonchev–Trinajstić information content (AvgIpc) is 2.95. The van der Waals surface area contributed by atoms with E-state index in [-0.39, 0.29) is 0 Å². The van der Waals surface area contributed by atoms with Crippen molar-refractivity contribution in [3.05, 3.63) is 47.0 Å².